The van der Waals surface area contributed by atoms with Crippen molar-refractivity contribution in [3.8, 4) is 0 Å². The van der Waals surface area contributed by atoms with Crippen LogP contribution in [0.25, 0.3) is 0 Å². The molecule has 0 unspecified atom stereocenters. The van der Waals surface area contributed by atoms with Crippen LogP contribution in [0.15, 0.2) is 0 Å². The van der Waals surface area contributed by atoms with Crippen LogP contribution in [0.2, 0.25) is 0 Å². The fraction of sp³-hybridized carbons (Fsp3) is 1.00. The molecule has 0 aromatic carbocycles. The van der Waals surface area contributed by atoms with Gasteiger partial charge in [-0.15, -0.1) is 0 Å². The lowest BCUT2D eigenvalue weighted by Gasteiger charge is -2.41. The summed E-state index contributed by atoms with van der Waals surface area (Å²) in [4.78, 5) is 0. The topological polar surface area (TPSA) is 24.1 Å². The van der Waals surface area contributed by atoms with Gasteiger partial charge in [0.1, 0.15) is 0 Å². The van der Waals surface area contributed by atoms with E-state index >= 15 is 0 Å². The maximum Gasteiger partial charge on any atom is 0.00103 e. The lowest BCUT2D eigenvalue weighted by molar-refractivity contribution is 0.124. The van der Waals surface area contributed by atoms with E-state index in [1.165, 1.54) is 45.2 Å². The highest BCUT2D eigenvalue weighted by Gasteiger charge is 2.34. The Labute approximate surface area is 95.2 Å². The van der Waals surface area contributed by atoms with Crippen molar-refractivity contribution in [2.45, 2.75) is 58.9 Å². The molecule has 2 nitrogen and oxygen atoms in total. The summed E-state index contributed by atoms with van der Waals surface area (Å²) in [5.41, 5.74) is 0.672. The molecule has 90 valence electrons. The van der Waals surface area contributed by atoms with Crippen molar-refractivity contribution in [3.63, 3.8) is 0 Å². The minimum absolute atomic E-state index is 0.624. The predicted octanol–water partition coefficient (Wildman–Crippen LogP) is 2.54. The van der Waals surface area contributed by atoms with Crippen LogP contribution in [0, 0.1) is 5.41 Å². The van der Waals surface area contributed by atoms with Crippen LogP contribution in [-0.4, -0.2) is 25.7 Å². The average Bonchev–Trinajstić information content (AvgIpc) is 2.14. The van der Waals surface area contributed by atoms with E-state index in [2.05, 4.69) is 31.4 Å². The molecule has 1 saturated carbocycles. The number of hydrogen-bond acceptors (Lipinski definition) is 2. The largest absolute Gasteiger partial charge is 0.316 e. The number of rotatable bonds is 8. The lowest BCUT2D eigenvalue weighted by atomic mass is 9.67. The smallest absolute Gasteiger partial charge is 0.00103 e. The van der Waals surface area contributed by atoms with Gasteiger partial charge >= 0.3 is 0 Å². The summed E-state index contributed by atoms with van der Waals surface area (Å²) in [7, 11) is 0. The van der Waals surface area contributed by atoms with Gasteiger partial charge in [0.15, 0.2) is 0 Å². The van der Waals surface area contributed by atoms with E-state index in [1.807, 2.05) is 0 Å². The Kier molecular flexibility index (Phi) is 5.62. The highest BCUT2D eigenvalue weighted by Crippen LogP contribution is 2.42. The van der Waals surface area contributed by atoms with Gasteiger partial charge in [-0.05, 0) is 44.2 Å². The van der Waals surface area contributed by atoms with Crippen molar-refractivity contribution in [1.82, 2.24) is 10.6 Å². The summed E-state index contributed by atoms with van der Waals surface area (Å²) in [6.07, 6.45) is 6.94. The third kappa shape index (κ3) is 4.52. The molecule has 0 radical (unpaired) electrons. The summed E-state index contributed by atoms with van der Waals surface area (Å²) in [6, 6.07) is 0.624. The standard InChI is InChI=1S/C13H28N2/c1-4-13(7-5-8-13)11-14-9-6-10-15-12(2)3/h12,14-15H,4-11H2,1-3H3. The Morgan fingerprint density at radius 2 is 1.93 bits per heavy atom. The Balaban J connectivity index is 1.92. The third-order valence-electron chi connectivity index (χ3n) is 3.75. The van der Waals surface area contributed by atoms with Crippen LogP contribution < -0.4 is 10.6 Å². The second kappa shape index (κ2) is 6.49. The Morgan fingerprint density at radius 3 is 2.40 bits per heavy atom. The van der Waals surface area contributed by atoms with Crippen LogP contribution in [0.3, 0.4) is 0 Å². The van der Waals surface area contributed by atoms with Crippen LogP contribution >= 0.6 is 0 Å². The lowest BCUT2D eigenvalue weighted by Crippen LogP contribution is -2.40. The van der Waals surface area contributed by atoms with Gasteiger partial charge in [0.2, 0.25) is 0 Å². The van der Waals surface area contributed by atoms with Gasteiger partial charge in [-0.1, -0.05) is 27.2 Å². The first kappa shape index (κ1) is 13.0. The molecular weight excluding hydrogens is 184 g/mol. The van der Waals surface area contributed by atoms with E-state index in [-0.39, 0.29) is 0 Å². The molecule has 2 N–H and O–H groups in total. The molecule has 0 spiro atoms. The van der Waals surface area contributed by atoms with Crippen molar-refractivity contribution in [2.24, 2.45) is 5.41 Å². The fourth-order valence-corrected chi connectivity index (χ4v) is 2.29. The van der Waals surface area contributed by atoms with Crippen LogP contribution in [0.1, 0.15) is 52.9 Å². The Bertz CT molecular complexity index is 156. The quantitative estimate of drug-likeness (QED) is 0.604. The van der Waals surface area contributed by atoms with Gasteiger partial charge in [0, 0.05) is 12.6 Å². The zero-order chi connectivity index (χ0) is 11.1. The number of hydrogen-bond donors (Lipinski definition) is 2. The molecule has 0 aliphatic heterocycles. The molecule has 0 bridgehead atoms. The van der Waals surface area contributed by atoms with E-state index in [4.69, 9.17) is 0 Å². The van der Waals surface area contributed by atoms with E-state index < -0.39 is 0 Å². The van der Waals surface area contributed by atoms with Gasteiger partial charge in [0.25, 0.3) is 0 Å². The predicted molar refractivity (Wildman–Crippen MR) is 67.2 cm³/mol. The average molecular weight is 212 g/mol. The first-order valence-electron chi connectivity index (χ1n) is 6.63. The van der Waals surface area contributed by atoms with Crippen molar-refractivity contribution >= 4 is 0 Å². The summed E-state index contributed by atoms with van der Waals surface area (Å²) in [5.74, 6) is 0. The summed E-state index contributed by atoms with van der Waals surface area (Å²) in [5, 5.41) is 7.06. The van der Waals surface area contributed by atoms with Crippen molar-refractivity contribution in [1.29, 1.82) is 0 Å². The highest BCUT2D eigenvalue weighted by molar-refractivity contribution is 4.88. The van der Waals surface area contributed by atoms with Gasteiger partial charge in [-0.3, -0.25) is 0 Å². The molecular formula is C13H28N2. The number of nitrogens with one attached hydrogen (secondary N) is 2. The van der Waals surface area contributed by atoms with E-state index in [9.17, 15) is 0 Å². The second-order valence-corrected chi connectivity index (χ2v) is 5.35. The Morgan fingerprint density at radius 1 is 1.20 bits per heavy atom. The molecule has 0 atom stereocenters. The molecule has 0 amide bonds. The van der Waals surface area contributed by atoms with Gasteiger partial charge in [0.05, 0.1) is 0 Å². The maximum absolute atomic E-state index is 3.61. The Hall–Kier alpha value is -0.0800. The molecule has 0 aromatic rings. The molecule has 15 heavy (non-hydrogen) atoms. The molecule has 1 rings (SSSR count). The summed E-state index contributed by atoms with van der Waals surface area (Å²) in [6.45, 7) is 10.3. The molecule has 2 heteroatoms. The zero-order valence-corrected chi connectivity index (χ0v) is 10.7. The van der Waals surface area contributed by atoms with Crippen LogP contribution in [0.4, 0.5) is 0 Å². The molecule has 1 aliphatic carbocycles. The summed E-state index contributed by atoms with van der Waals surface area (Å²) < 4.78 is 0. The molecule has 0 saturated heterocycles. The van der Waals surface area contributed by atoms with Gasteiger partial charge < -0.3 is 10.6 Å². The van der Waals surface area contributed by atoms with E-state index in [0.29, 0.717) is 11.5 Å². The monoisotopic (exact) mass is 212 g/mol. The fourth-order valence-electron chi connectivity index (χ4n) is 2.29. The van der Waals surface area contributed by atoms with Crippen molar-refractivity contribution < 1.29 is 0 Å². The minimum atomic E-state index is 0.624. The SMILES string of the molecule is CCC1(CNCCCNC(C)C)CCC1. The van der Waals surface area contributed by atoms with Crippen molar-refractivity contribution in [2.75, 3.05) is 19.6 Å². The third-order valence-corrected chi connectivity index (χ3v) is 3.75. The van der Waals surface area contributed by atoms with Gasteiger partial charge in [-0.25, -0.2) is 0 Å². The first-order valence-corrected chi connectivity index (χ1v) is 6.63. The maximum atomic E-state index is 3.61. The highest BCUT2D eigenvalue weighted by atomic mass is 14.9. The van der Waals surface area contributed by atoms with Crippen LogP contribution in [0.5, 0.6) is 0 Å². The summed E-state index contributed by atoms with van der Waals surface area (Å²) >= 11 is 0. The van der Waals surface area contributed by atoms with E-state index in [1.54, 1.807) is 0 Å². The minimum Gasteiger partial charge on any atom is -0.316 e. The van der Waals surface area contributed by atoms with Gasteiger partial charge in [-0.2, -0.15) is 0 Å². The van der Waals surface area contributed by atoms with Crippen LogP contribution in [-0.2, 0) is 0 Å². The first-order chi connectivity index (χ1) is 7.18. The molecule has 0 aromatic heterocycles. The second-order valence-electron chi connectivity index (χ2n) is 5.35. The zero-order valence-electron chi connectivity index (χ0n) is 10.7. The molecule has 0 heterocycles. The normalized spacial score (nSPS) is 19.2. The van der Waals surface area contributed by atoms with Crippen molar-refractivity contribution in [3.05, 3.63) is 0 Å². The molecule has 1 aliphatic rings. The van der Waals surface area contributed by atoms with E-state index in [0.717, 1.165) is 6.54 Å². The molecule has 1 fully saturated rings.